The van der Waals surface area contributed by atoms with Gasteiger partial charge in [-0.2, -0.15) is 0 Å². The number of nitrogen functional groups attached to an aromatic ring is 1. The predicted octanol–water partition coefficient (Wildman–Crippen LogP) is 2.78. The summed E-state index contributed by atoms with van der Waals surface area (Å²) in [6.45, 7) is 1.89. The molecule has 0 saturated heterocycles. The summed E-state index contributed by atoms with van der Waals surface area (Å²) in [6.07, 6.45) is 1.69. The Labute approximate surface area is 87.6 Å². The Morgan fingerprint density at radius 2 is 2.00 bits per heavy atom. The van der Waals surface area contributed by atoms with Crippen LogP contribution in [0.2, 0.25) is 0 Å². The van der Waals surface area contributed by atoms with Crippen LogP contribution in [0.3, 0.4) is 0 Å². The second-order valence-corrected chi connectivity index (χ2v) is 3.42. The molecule has 2 rings (SSSR count). The van der Waals surface area contributed by atoms with Crippen LogP contribution in [-0.4, -0.2) is 4.98 Å². The molecule has 15 heavy (non-hydrogen) atoms. The molecule has 0 aliphatic carbocycles. The van der Waals surface area contributed by atoms with Gasteiger partial charge in [-0.15, -0.1) is 0 Å². The quantitative estimate of drug-likeness (QED) is 0.722. The maximum Gasteiger partial charge on any atom is 0.123 e. The minimum absolute atomic E-state index is 0.284. The van der Waals surface area contributed by atoms with Crippen molar-refractivity contribution in [2.45, 2.75) is 6.92 Å². The van der Waals surface area contributed by atoms with Crippen LogP contribution < -0.4 is 5.73 Å². The molecule has 0 aliphatic rings. The Kier molecular flexibility index (Phi) is 2.37. The highest BCUT2D eigenvalue weighted by Crippen LogP contribution is 2.26. The summed E-state index contributed by atoms with van der Waals surface area (Å²) < 4.78 is 13.1. The summed E-state index contributed by atoms with van der Waals surface area (Å²) in [5.74, 6) is -0.284. The van der Waals surface area contributed by atoms with E-state index in [2.05, 4.69) is 4.98 Å². The third kappa shape index (κ3) is 1.96. The van der Waals surface area contributed by atoms with E-state index in [0.29, 0.717) is 11.3 Å². The van der Waals surface area contributed by atoms with E-state index in [-0.39, 0.29) is 5.82 Å². The fourth-order valence-corrected chi connectivity index (χ4v) is 1.49. The van der Waals surface area contributed by atoms with Gasteiger partial charge in [-0.05, 0) is 42.8 Å². The number of anilines is 1. The van der Waals surface area contributed by atoms with Gasteiger partial charge in [0.15, 0.2) is 0 Å². The number of pyridine rings is 1. The van der Waals surface area contributed by atoms with Crippen molar-refractivity contribution >= 4 is 5.69 Å². The zero-order valence-electron chi connectivity index (χ0n) is 8.37. The fourth-order valence-electron chi connectivity index (χ4n) is 1.49. The number of aryl methyl sites for hydroxylation is 1. The first-order chi connectivity index (χ1) is 7.16. The number of hydrogen-bond donors (Lipinski definition) is 1. The molecule has 0 spiro atoms. The van der Waals surface area contributed by atoms with Crippen LogP contribution in [0.4, 0.5) is 10.1 Å². The molecular weight excluding hydrogens is 191 g/mol. The highest BCUT2D eigenvalue weighted by atomic mass is 19.1. The third-order valence-corrected chi connectivity index (χ3v) is 2.22. The van der Waals surface area contributed by atoms with Gasteiger partial charge in [0, 0.05) is 23.1 Å². The molecule has 0 aliphatic heterocycles. The van der Waals surface area contributed by atoms with Crippen LogP contribution in [-0.2, 0) is 0 Å². The molecule has 2 nitrogen and oxygen atoms in total. The average Bonchev–Trinajstić information content (AvgIpc) is 2.22. The normalized spacial score (nSPS) is 10.3. The third-order valence-electron chi connectivity index (χ3n) is 2.22. The fraction of sp³-hybridized carbons (Fsp3) is 0.0833. The average molecular weight is 202 g/mol. The molecule has 1 heterocycles. The highest BCUT2D eigenvalue weighted by molar-refractivity contribution is 5.76. The summed E-state index contributed by atoms with van der Waals surface area (Å²) in [7, 11) is 0. The SMILES string of the molecule is Cc1cc(-c2cc(F)ccc2N)ccn1. The second kappa shape index (κ2) is 3.69. The van der Waals surface area contributed by atoms with Crippen LogP contribution in [0.15, 0.2) is 36.5 Å². The van der Waals surface area contributed by atoms with E-state index in [9.17, 15) is 4.39 Å². The molecule has 0 fully saturated rings. The van der Waals surface area contributed by atoms with E-state index in [0.717, 1.165) is 11.3 Å². The van der Waals surface area contributed by atoms with Gasteiger partial charge in [-0.3, -0.25) is 4.98 Å². The topological polar surface area (TPSA) is 38.9 Å². The van der Waals surface area contributed by atoms with E-state index in [1.807, 2.05) is 19.1 Å². The lowest BCUT2D eigenvalue weighted by atomic mass is 10.0. The van der Waals surface area contributed by atoms with Crippen molar-refractivity contribution in [2.75, 3.05) is 5.73 Å². The van der Waals surface area contributed by atoms with Gasteiger partial charge in [-0.1, -0.05) is 0 Å². The number of halogens is 1. The van der Waals surface area contributed by atoms with Crippen LogP contribution in [0.5, 0.6) is 0 Å². The Morgan fingerprint density at radius 1 is 1.20 bits per heavy atom. The molecular formula is C12H11FN2. The second-order valence-electron chi connectivity index (χ2n) is 3.42. The highest BCUT2D eigenvalue weighted by Gasteiger charge is 2.04. The van der Waals surface area contributed by atoms with Crippen LogP contribution in [0, 0.1) is 12.7 Å². The van der Waals surface area contributed by atoms with Crippen molar-refractivity contribution < 1.29 is 4.39 Å². The van der Waals surface area contributed by atoms with Crippen molar-refractivity contribution in [3.63, 3.8) is 0 Å². The molecule has 0 bridgehead atoms. The van der Waals surface area contributed by atoms with Crippen LogP contribution in [0.1, 0.15) is 5.69 Å². The summed E-state index contributed by atoms with van der Waals surface area (Å²) in [4.78, 5) is 4.08. The molecule has 1 aromatic carbocycles. The number of rotatable bonds is 1. The molecule has 0 atom stereocenters. The zero-order chi connectivity index (χ0) is 10.8. The Balaban J connectivity index is 2.58. The van der Waals surface area contributed by atoms with E-state index >= 15 is 0 Å². The molecule has 76 valence electrons. The van der Waals surface area contributed by atoms with E-state index in [1.165, 1.54) is 12.1 Å². The summed E-state index contributed by atoms with van der Waals surface area (Å²) in [5, 5.41) is 0. The van der Waals surface area contributed by atoms with Crippen LogP contribution in [0.25, 0.3) is 11.1 Å². The Hall–Kier alpha value is -1.90. The number of nitrogens with two attached hydrogens (primary N) is 1. The van der Waals surface area contributed by atoms with E-state index in [1.54, 1.807) is 12.3 Å². The van der Waals surface area contributed by atoms with Crippen molar-refractivity contribution in [1.82, 2.24) is 4.98 Å². The summed E-state index contributed by atoms with van der Waals surface area (Å²) in [6, 6.07) is 8.06. The van der Waals surface area contributed by atoms with E-state index in [4.69, 9.17) is 5.73 Å². The Morgan fingerprint density at radius 3 is 2.73 bits per heavy atom. The molecule has 2 aromatic rings. The monoisotopic (exact) mass is 202 g/mol. The molecule has 0 saturated carbocycles. The first-order valence-electron chi connectivity index (χ1n) is 4.65. The molecule has 0 unspecified atom stereocenters. The minimum atomic E-state index is -0.284. The standard InChI is InChI=1S/C12H11FN2/c1-8-6-9(4-5-15-8)11-7-10(13)2-3-12(11)14/h2-7H,14H2,1H3. The van der Waals surface area contributed by atoms with Gasteiger partial charge in [0.05, 0.1) is 0 Å². The van der Waals surface area contributed by atoms with Crippen molar-refractivity contribution in [3.8, 4) is 11.1 Å². The van der Waals surface area contributed by atoms with Gasteiger partial charge in [0.25, 0.3) is 0 Å². The maximum absolute atomic E-state index is 13.1. The molecule has 0 amide bonds. The van der Waals surface area contributed by atoms with E-state index < -0.39 is 0 Å². The molecule has 1 aromatic heterocycles. The summed E-state index contributed by atoms with van der Waals surface area (Å²) in [5.41, 5.74) is 8.84. The van der Waals surface area contributed by atoms with Crippen molar-refractivity contribution in [3.05, 3.63) is 48.0 Å². The lowest BCUT2D eigenvalue weighted by molar-refractivity contribution is 0.628. The lowest BCUT2D eigenvalue weighted by Crippen LogP contribution is -1.92. The first-order valence-corrected chi connectivity index (χ1v) is 4.65. The number of benzene rings is 1. The van der Waals surface area contributed by atoms with Gasteiger partial charge >= 0.3 is 0 Å². The number of aromatic nitrogens is 1. The smallest absolute Gasteiger partial charge is 0.123 e. The van der Waals surface area contributed by atoms with Gasteiger partial charge in [0.1, 0.15) is 5.82 Å². The largest absolute Gasteiger partial charge is 0.398 e. The zero-order valence-corrected chi connectivity index (χ0v) is 8.37. The predicted molar refractivity (Wildman–Crippen MR) is 58.8 cm³/mol. The number of hydrogen-bond acceptors (Lipinski definition) is 2. The summed E-state index contributed by atoms with van der Waals surface area (Å²) >= 11 is 0. The molecule has 3 heteroatoms. The number of nitrogens with zero attached hydrogens (tertiary/aromatic N) is 1. The first kappa shape index (κ1) is 9.65. The van der Waals surface area contributed by atoms with Crippen molar-refractivity contribution in [1.29, 1.82) is 0 Å². The van der Waals surface area contributed by atoms with Crippen molar-refractivity contribution in [2.24, 2.45) is 0 Å². The maximum atomic E-state index is 13.1. The lowest BCUT2D eigenvalue weighted by Gasteiger charge is -2.06. The van der Waals surface area contributed by atoms with Gasteiger partial charge in [-0.25, -0.2) is 4.39 Å². The molecule has 2 N–H and O–H groups in total. The molecule has 0 radical (unpaired) electrons. The minimum Gasteiger partial charge on any atom is -0.398 e. The van der Waals surface area contributed by atoms with Crippen LogP contribution >= 0.6 is 0 Å². The Bertz CT molecular complexity index is 495. The van der Waals surface area contributed by atoms with Gasteiger partial charge < -0.3 is 5.73 Å². The van der Waals surface area contributed by atoms with Gasteiger partial charge in [0.2, 0.25) is 0 Å².